The second kappa shape index (κ2) is 9.41. The number of benzene rings is 2. The Hall–Kier alpha value is -3.38. The Bertz CT molecular complexity index is 992. The molecule has 1 aliphatic heterocycles. The molecule has 6 heteroatoms. The van der Waals surface area contributed by atoms with Crippen LogP contribution in [0.4, 0.5) is 15.8 Å². The summed E-state index contributed by atoms with van der Waals surface area (Å²) in [7, 11) is 0. The zero-order chi connectivity index (χ0) is 20.8. The van der Waals surface area contributed by atoms with Crippen LogP contribution in [-0.4, -0.2) is 37.0 Å². The van der Waals surface area contributed by atoms with Crippen molar-refractivity contribution in [2.75, 3.05) is 36.4 Å². The molecule has 0 unspecified atom stereocenters. The van der Waals surface area contributed by atoms with Gasteiger partial charge in [0.2, 0.25) is 5.91 Å². The zero-order valence-corrected chi connectivity index (χ0v) is 16.6. The van der Waals surface area contributed by atoms with Crippen molar-refractivity contribution >= 4 is 23.4 Å². The number of piperazine rings is 1. The van der Waals surface area contributed by atoms with E-state index in [9.17, 15) is 9.18 Å². The minimum Gasteiger partial charge on any atom is -0.465 e. The van der Waals surface area contributed by atoms with E-state index >= 15 is 0 Å². The Balaban J connectivity index is 1.27. The normalized spacial score (nSPS) is 14.9. The van der Waals surface area contributed by atoms with Gasteiger partial charge in [0.15, 0.2) is 0 Å². The SMILES string of the molecule is O=C(C=Cc1ccco1)Nc1ccc(N2CCN(Cc3ccccc3F)CC2)cc1. The van der Waals surface area contributed by atoms with Crippen molar-refractivity contribution in [3.63, 3.8) is 0 Å². The van der Waals surface area contributed by atoms with Crippen LogP contribution in [0.1, 0.15) is 11.3 Å². The third-order valence-electron chi connectivity index (χ3n) is 5.17. The molecule has 0 atom stereocenters. The molecule has 5 nitrogen and oxygen atoms in total. The van der Waals surface area contributed by atoms with Gasteiger partial charge >= 0.3 is 0 Å². The number of carbonyl (C=O) groups is 1. The third kappa shape index (κ3) is 5.15. The number of carbonyl (C=O) groups excluding carboxylic acids is 1. The van der Waals surface area contributed by atoms with Crippen molar-refractivity contribution in [1.29, 1.82) is 0 Å². The second-order valence-corrected chi connectivity index (χ2v) is 7.24. The summed E-state index contributed by atoms with van der Waals surface area (Å²) in [5, 5.41) is 2.84. The van der Waals surface area contributed by atoms with Gasteiger partial charge in [0.05, 0.1) is 6.26 Å². The number of hydrogen-bond acceptors (Lipinski definition) is 4. The van der Waals surface area contributed by atoms with Crippen LogP contribution in [0.5, 0.6) is 0 Å². The third-order valence-corrected chi connectivity index (χ3v) is 5.17. The van der Waals surface area contributed by atoms with Gasteiger partial charge in [-0.2, -0.15) is 0 Å². The lowest BCUT2D eigenvalue weighted by Crippen LogP contribution is -2.46. The van der Waals surface area contributed by atoms with E-state index in [0.29, 0.717) is 12.3 Å². The van der Waals surface area contributed by atoms with Crippen molar-refractivity contribution in [2.45, 2.75) is 6.54 Å². The Morgan fingerprint density at radius 1 is 1.00 bits per heavy atom. The van der Waals surface area contributed by atoms with Gasteiger partial charge in [-0.05, 0) is 48.5 Å². The molecule has 30 heavy (non-hydrogen) atoms. The molecular formula is C24H24FN3O2. The van der Waals surface area contributed by atoms with Crippen LogP contribution in [0, 0.1) is 5.82 Å². The summed E-state index contributed by atoms with van der Waals surface area (Å²) in [6, 6.07) is 18.3. The number of anilines is 2. The average Bonchev–Trinajstić information content (AvgIpc) is 3.29. The maximum absolute atomic E-state index is 13.9. The number of nitrogens with zero attached hydrogens (tertiary/aromatic N) is 2. The molecular weight excluding hydrogens is 381 g/mol. The number of nitrogens with one attached hydrogen (secondary N) is 1. The van der Waals surface area contributed by atoms with E-state index in [0.717, 1.165) is 43.1 Å². The molecule has 0 spiro atoms. The Morgan fingerprint density at radius 3 is 2.47 bits per heavy atom. The average molecular weight is 405 g/mol. The molecule has 1 amide bonds. The van der Waals surface area contributed by atoms with E-state index in [2.05, 4.69) is 15.1 Å². The summed E-state index contributed by atoms with van der Waals surface area (Å²) < 4.78 is 19.0. The van der Waals surface area contributed by atoms with Gasteiger partial charge in [-0.15, -0.1) is 0 Å². The lowest BCUT2D eigenvalue weighted by molar-refractivity contribution is -0.111. The minimum absolute atomic E-state index is 0.142. The summed E-state index contributed by atoms with van der Waals surface area (Å²) in [6.07, 6.45) is 4.64. The largest absolute Gasteiger partial charge is 0.465 e. The standard InChI is InChI=1S/C24H24FN3O2/c25-23-6-2-1-4-19(23)18-27-13-15-28(16-14-27)21-9-7-20(8-10-21)26-24(29)12-11-22-5-3-17-30-22/h1-12,17H,13-16,18H2,(H,26,29). The molecule has 154 valence electrons. The number of rotatable bonds is 6. The molecule has 1 N–H and O–H groups in total. The maximum Gasteiger partial charge on any atom is 0.248 e. The Kier molecular flexibility index (Phi) is 6.25. The molecule has 0 saturated carbocycles. The minimum atomic E-state index is -0.207. The first-order chi connectivity index (χ1) is 14.7. The molecule has 1 saturated heterocycles. The molecule has 1 aromatic heterocycles. The van der Waals surface area contributed by atoms with Crippen LogP contribution in [0.15, 0.2) is 77.4 Å². The van der Waals surface area contributed by atoms with Crippen LogP contribution in [0.25, 0.3) is 6.08 Å². The molecule has 4 rings (SSSR count). The smallest absolute Gasteiger partial charge is 0.248 e. The predicted octanol–water partition coefficient (Wildman–Crippen LogP) is 4.39. The molecule has 0 radical (unpaired) electrons. The van der Waals surface area contributed by atoms with E-state index in [1.165, 1.54) is 12.1 Å². The quantitative estimate of drug-likeness (QED) is 0.618. The van der Waals surface area contributed by atoms with Crippen molar-refractivity contribution in [3.8, 4) is 0 Å². The van der Waals surface area contributed by atoms with E-state index in [4.69, 9.17) is 4.42 Å². The predicted molar refractivity (Wildman–Crippen MR) is 117 cm³/mol. The first-order valence-electron chi connectivity index (χ1n) is 10.0. The van der Waals surface area contributed by atoms with Crippen LogP contribution >= 0.6 is 0 Å². The lowest BCUT2D eigenvalue weighted by atomic mass is 10.1. The molecule has 0 aliphatic carbocycles. The van der Waals surface area contributed by atoms with Crippen LogP contribution < -0.4 is 10.2 Å². The molecule has 1 aliphatic rings. The van der Waals surface area contributed by atoms with E-state index in [1.807, 2.05) is 36.4 Å². The zero-order valence-electron chi connectivity index (χ0n) is 16.6. The first kappa shape index (κ1) is 19.9. The molecule has 2 aromatic carbocycles. The molecule has 1 fully saturated rings. The van der Waals surface area contributed by atoms with Crippen LogP contribution in [0.2, 0.25) is 0 Å². The molecule has 3 aromatic rings. The maximum atomic E-state index is 13.9. The van der Waals surface area contributed by atoms with Crippen molar-refractivity contribution in [3.05, 3.63) is 90.1 Å². The highest BCUT2D eigenvalue weighted by Crippen LogP contribution is 2.20. The van der Waals surface area contributed by atoms with Gasteiger partial charge in [0.25, 0.3) is 0 Å². The van der Waals surface area contributed by atoms with Gasteiger partial charge in [-0.3, -0.25) is 9.69 Å². The molecule has 2 heterocycles. The summed E-state index contributed by atoms with van der Waals surface area (Å²) in [5.74, 6) is 0.284. The fraction of sp³-hybridized carbons (Fsp3) is 0.208. The van der Waals surface area contributed by atoms with Crippen molar-refractivity contribution in [2.24, 2.45) is 0 Å². The number of amides is 1. The van der Waals surface area contributed by atoms with Gasteiger partial charge in [0, 0.05) is 55.7 Å². The van der Waals surface area contributed by atoms with E-state index in [-0.39, 0.29) is 11.7 Å². The summed E-state index contributed by atoms with van der Waals surface area (Å²) >= 11 is 0. The topological polar surface area (TPSA) is 48.7 Å². The Morgan fingerprint density at radius 2 is 1.77 bits per heavy atom. The number of furan rings is 1. The number of halogens is 1. The van der Waals surface area contributed by atoms with Gasteiger partial charge in [0.1, 0.15) is 11.6 Å². The number of hydrogen-bond donors (Lipinski definition) is 1. The van der Waals surface area contributed by atoms with Crippen LogP contribution in [-0.2, 0) is 11.3 Å². The highest BCUT2D eigenvalue weighted by molar-refractivity contribution is 6.01. The fourth-order valence-electron chi connectivity index (χ4n) is 3.52. The highest BCUT2D eigenvalue weighted by Gasteiger charge is 2.18. The lowest BCUT2D eigenvalue weighted by Gasteiger charge is -2.36. The molecule has 0 bridgehead atoms. The first-order valence-corrected chi connectivity index (χ1v) is 10.0. The summed E-state index contributed by atoms with van der Waals surface area (Å²) in [6.45, 7) is 4.16. The monoisotopic (exact) mass is 405 g/mol. The van der Waals surface area contributed by atoms with Gasteiger partial charge in [-0.25, -0.2) is 4.39 Å². The second-order valence-electron chi connectivity index (χ2n) is 7.24. The van der Waals surface area contributed by atoms with Gasteiger partial charge < -0.3 is 14.6 Å². The van der Waals surface area contributed by atoms with E-state index < -0.39 is 0 Å². The van der Waals surface area contributed by atoms with Crippen molar-refractivity contribution in [1.82, 2.24) is 4.90 Å². The van der Waals surface area contributed by atoms with Crippen molar-refractivity contribution < 1.29 is 13.6 Å². The Labute approximate surface area is 175 Å². The van der Waals surface area contributed by atoms with Crippen LogP contribution in [0.3, 0.4) is 0 Å². The summed E-state index contributed by atoms with van der Waals surface area (Å²) in [5.41, 5.74) is 2.60. The highest BCUT2D eigenvalue weighted by atomic mass is 19.1. The summed E-state index contributed by atoms with van der Waals surface area (Å²) in [4.78, 5) is 16.6. The van der Waals surface area contributed by atoms with Gasteiger partial charge in [-0.1, -0.05) is 18.2 Å². The fourth-order valence-corrected chi connectivity index (χ4v) is 3.52. The van der Waals surface area contributed by atoms with E-state index in [1.54, 1.807) is 30.5 Å².